The van der Waals surface area contributed by atoms with Crippen molar-refractivity contribution in [2.75, 3.05) is 13.7 Å². The van der Waals surface area contributed by atoms with Crippen LogP contribution in [0.25, 0.3) is 21.9 Å². The molecule has 0 N–H and O–H groups in total. The zero-order valence-electron chi connectivity index (χ0n) is 13.4. The van der Waals surface area contributed by atoms with Crippen molar-refractivity contribution in [2.24, 2.45) is 0 Å². The van der Waals surface area contributed by atoms with Gasteiger partial charge >= 0.3 is 11.6 Å². The van der Waals surface area contributed by atoms with Gasteiger partial charge in [0.05, 0.1) is 30.8 Å². The first-order chi connectivity index (χ1) is 11.7. The number of unbranched alkanes of at least 4 members (excludes halogenated alkanes) is 2. The predicted molar refractivity (Wildman–Crippen MR) is 88.2 cm³/mol. The van der Waals surface area contributed by atoms with Crippen molar-refractivity contribution >= 4 is 27.9 Å². The molecule has 0 amide bonds. The molecule has 0 saturated heterocycles. The van der Waals surface area contributed by atoms with Gasteiger partial charge in [-0.15, -0.1) is 0 Å². The van der Waals surface area contributed by atoms with Crippen molar-refractivity contribution in [1.29, 1.82) is 0 Å². The minimum absolute atomic E-state index is 0.194. The minimum Gasteiger partial charge on any atom is -0.492 e. The molecule has 0 saturated carbocycles. The lowest BCUT2D eigenvalue weighted by molar-refractivity contribution is -0.140. The highest BCUT2D eigenvalue weighted by molar-refractivity contribution is 6.01. The molecule has 6 nitrogen and oxygen atoms in total. The van der Waals surface area contributed by atoms with Crippen LogP contribution in [-0.2, 0) is 9.53 Å². The molecular formula is C18H18O6. The first-order valence-electron chi connectivity index (χ1n) is 7.83. The number of hydrogen-bond acceptors (Lipinski definition) is 6. The van der Waals surface area contributed by atoms with Gasteiger partial charge in [0.15, 0.2) is 0 Å². The fraction of sp³-hybridized carbons (Fsp3) is 0.333. The molecule has 0 atom stereocenters. The Morgan fingerprint density at radius 2 is 1.92 bits per heavy atom. The van der Waals surface area contributed by atoms with Crippen LogP contribution in [-0.4, -0.2) is 19.7 Å². The molecule has 126 valence electrons. The first kappa shape index (κ1) is 16.1. The highest BCUT2D eigenvalue weighted by Gasteiger charge is 2.13. The molecule has 0 aliphatic carbocycles. The van der Waals surface area contributed by atoms with Gasteiger partial charge in [-0.1, -0.05) is 0 Å². The summed E-state index contributed by atoms with van der Waals surface area (Å²) in [5.41, 5.74) is 0.630. The van der Waals surface area contributed by atoms with Crippen molar-refractivity contribution in [2.45, 2.75) is 25.7 Å². The third-order valence-corrected chi connectivity index (χ3v) is 3.81. The molecule has 0 aliphatic heterocycles. The van der Waals surface area contributed by atoms with Gasteiger partial charge in [0.2, 0.25) is 0 Å². The molecule has 2 aromatic heterocycles. The van der Waals surface area contributed by atoms with E-state index in [1.807, 2.05) is 6.07 Å². The predicted octanol–water partition coefficient (Wildman–Crippen LogP) is 3.65. The average Bonchev–Trinajstić information content (AvgIpc) is 3.04. The molecular weight excluding hydrogens is 312 g/mol. The third-order valence-electron chi connectivity index (χ3n) is 3.81. The highest BCUT2D eigenvalue weighted by Crippen LogP contribution is 2.35. The van der Waals surface area contributed by atoms with Crippen LogP contribution in [0.2, 0.25) is 0 Å². The molecule has 0 aliphatic rings. The van der Waals surface area contributed by atoms with Gasteiger partial charge < -0.3 is 18.3 Å². The van der Waals surface area contributed by atoms with Crippen LogP contribution in [0.3, 0.4) is 0 Å². The van der Waals surface area contributed by atoms with Crippen LogP contribution in [0.4, 0.5) is 0 Å². The van der Waals surface area contributed by atoms with Crippen LogP contribution in [0.15, 0.2) is 44.2 Å². The maximum Gasteiger partial charge on any atom is 0.336 e. The number of carbonyl (C=O) groups is 1. The number of fused-ring (bicyclic) bond motifs is 2. The molecule has 3 aromatic rings. The molecule has 6 heteroatoms. The normalized spacial score (nSPS) is 11.0. The van der Waals surface area contributed by atoms with Gasteiger partial charge in [0, 0.05) is 18.6 Å². The van der Waals surface area contributed by atoms with Crippen LogP contribution in [0.1, 0.15) is 25.7 Å². The molecule has 0 spiro atoms. The SMILES string of the molecule is COC(=O)CCCCCOc1c2ccoc2cc2oc(=O)ccc12. The summed E-state index contributed by atoms with van der Waals surface area (Å²) < 4.78 is 21.1. The molecule has 0 bridgehead atoms. The molecule has 0 radical (unpaired) electrons. The van der Waals surface area contributed by atoms with Gasteiger partial charge in [-0.25, -0.2) is 4.79 Å². The molecule has 24 heavy (non-hydrogen) atoms. The number of carbonyl (C=O) groups excluding carboxylic acids is 1. The van der Waals surface area contributed by atoms with Gasteiger partial charge in [-0.05, 0) is 31.4 Å². The zero-order valence-corrected chi connectivity index (χ0v) is 13.4. The highest BCUT2D eigenvalue weighted by atomic mass is 16.5. The number of benzene rings is 1. The van der Waals surface area contributed by atoms with E-state index in [1.165, 1.54) is 13.2 Å². The summed E-state index contributed by atoms with van der Waals surface area (Å²) in [6, 6.07) is 6.58. The van der Waals surface area contributed by atoms with Crippen molar-refractivity contribution in [3.05, 3.63) is 40.9 Å². The summed E-state index contributed by atoms with van der Waals surface area (Å²) in [6.45, 7) is 0.500. The number of rotatable bonds is 7. The number of hydrogen-bond donors (Lipinski definition) is 0. The maximum absolute atomic E-state index is 11.4. The summed E-state index contributed by atoms with van der Waals surface area (Å²) in [6.07, 6.45) is 4.43. The fourth-order valence-corrected chi connectivity index (χ4v) is 2.59. The lowest BCUT2D eigenvalue weighted by atomic mass is 10.1. The lowest BCUT2D eigenvalue weighted by Gasteiger charge is -2.10. The molecule has 1 aromatic carbocycles. The Morgan fingerprint density at radius 3 is 2.75 bits per heavy atom. The number of furan rings is 1. The number of esters is 1. The van der Waals surface area contributed by atoms with E-state index >= 15 is 0 Å². The number of ether oxygens (including phenoxy) is 2. The Kier molecular flexibility index (Phi) is 4.84. The molecule has 2 heterocycles. The van der Waals surface area contributed by atoms with E-state index in [1.54, 1.807) is 18.4 Å². The zero-order chi connectivity index (χ0) is 16.9. The van der Waals surface area contributed by atoms with Crippen LogP contribution < -0.4 is 10.4 Å². The number of methoxy groups -OCH3 is 1. The van der Waals surface area contributed by atoms with Gasteiger partial charge in [-0.2, -0.15) is 0 Å². The molecule has 3 rings (SSSR count). The van der Waals surface area contributed by atoms with E-state index < -0.39 is 5.63 Å². The van der Waals surface area contributed by atoms with Crippen molar-refractivity contribution in [1.82, 2.24) is 0 Å². The van der Waals surface area contributed by atoms with Gasteiger partial charge in [0.1, 0.15) is 16.9 Å². The second-order valence-electron chi connectivity index (χ2n) is 5.44. The Bertz CT molecular complexity index is 905. The summed E-state index contributed by atoms with van der Waals surface area (Å²) in [5.74, 6) is 0.452. The van der Waals surface area contributed by atoms with Crippen molar-refractivity contribution in [3.63, 3.8) is 0 Å². The van der Waals surface area contributed by atoms with Crippen LogP contribution in [0.5, 0.6) is 5.75 Å². The van der Waals surface area contributed by atoms with Crippen LogP contribution in [0, 0.1) is 0 Å². The smallest absolute Gasteiger partial charge is 0.336 e. The Hall–Kier alpha value is -2.76. The second kappa shape index (κ2) is 7.21. The Labute approximate surface area is 137 Å². The van der Waals surface area contributed by atoms with Crippen LogP contribution >= 0.6 is 0 Å². The largest absolute Gasteiger partial charge is 0.492 e. The van der Waals surface area contributed by atoms with Crippen molar-refractivity contribution < 1.29 is 23.1 Å². The van der Waals surface area contributed by atoms with Crippen molar-refractivity contribution in [3.8, 4) is 5.75 Å². The Morgan fingerprint density at radius 1 is 1.08 bits per heavy atom. The van der Waals surface area contributed by atoms with E-state index in [0.717, 1.165) is 30.0 Å². The summed E-state index contributed by atoms with van der Waals surface area (Å²) >= 11 is 0. The molecule has 0 unspecified atom stereocenters. The standard InChI is InChI=1S/C18H18O6/c1-21-16(19)5-3-2-4-9-23-18-12-6-7-17(20)24-15(12)11-14-13(18)8-10-22-14/h6-8,10-11H,2-5,9H2,1H3. The quantitative estimate of drug-likeness (QED) is 0.374. The van der Waals surface area contributed by atoms with E-state index in [9.17, 15) is 9.59 Å². The van der Waals surface area contributed by atoms with Gasteiger partial charge in [-0.3, -0.25) is 4.79 Å². The fourth-order valence-electron chi connectivity index (χ4n) is 2.59. The summed E-state index contributed by atoms with van der Waals surface area (Å²) in [4.78, 5) is 22.5. The lowest BCUT2D eigenvalue weighted by Crippen LogP contribution is -2.02. The topological polar surface area (TPSA) is 78.9 Å². The Balaban J connectivity index is 1.72. The summed E-state index contributed by atoms with van der Waals surface area (Å²) in [5, 5.41) is 1.57. The van der Waals surface area contributed by atoms with E-state index in [-0.39, 0.29) is 5.97 Å². The molecule has 0 fully saturated rings. The monoisotopic (exact) mass is 330 g/mol. The second-order valence-corrected chi connectivity index (χ2v) is 5.44. The van der Waals surface area contributed by atoms with E-state index in [4.69, 9.17) is 13.6 Å². The summed E-state index contributed by atoms with van der Waals surface area (Å²) in [7, 11) is 1.39. The average molecular weight is 330 g/mol. The minimum atomic E-state index is -0.415. The van der Waals surface area contributed by atoms with E-state index in [2.05, 4.69) is 4.74 Å². The van der Waals surface area contributed by atoms with E-state index in [0.29, 0.717) is 29.9 Å². The third kappa shape index (κ3) is 3.42. The van der Waals surface area contributed by atoms with Gasteiger partial charge in [0.25, 0.3) is 0 Å². The first-order valence-corrected chi connectivity index (χ1v) is 7.83. The maximum atomic E-state index is 11.4.